The zero-order valence-electron chi connectivity index (χ0n) is 19.2. The lowest BCUT2D eigenvalue weighted by atomic mass is 9.70. The zero-order valence-corrected chi connectivity index (χ0v) is 20.8. The Morgan fingerprint density at radius 1 is 1.03 bits per heavy atom. The summed E-state index contributed by atoms with van der Waals surface area (Å²) in [5.41, 5.74) is 2.54. The first-order valence-corrected chi connectivity index (χ1v) is 13.5. The van der Waals surface area contributed by atoms with Crippen molar-refractivity contribution in [1.82, 2.24) is 14.8 Å². The number of esters is 1. The molecule has 0 saturated carbocycles. The molecule has 4 fully saturated rings. The number of fused-ring (bicyclic) bond motifs is 6. The maximum Gasteiger partial charge on any atom is 0.303 e. The summed E-state index contributed by atoms with van der Waals surface area (Å²) < 4.78 is 6.18. The second-order valence-corrected chi connectivity index (χ2v) is 12.3. The van der Waals surface area contributed by atoms with Gasteiger partial charge in [0.2, 0.25) is 4.87 Å². The minimum absolute atomic E-state index is 0.174. The van der Waals surface area contributed by atoms with E-state index in [1.807, 2.05) is 54.7 Å². The molecular weight excluding hydrogens is 484 g/mol. The lowest BCUT2D eigenvalue weighted by molar-refractivity contribution is -0.170. The molecule has 35 heavy (non-hydrogen) atoms. The van der Waals surface area contributed by atoms with Gasteiger partial charge in [0.05, 0.1) is 0 Å². The van der Waals surface area contributed by atoms with E-state index in [9.17, 15) is 14.4 Å². The van der Waals surface area contributed by atoms with Crippen molar-refractivity contribution in [2.75, 3.05) is 12.4 Å². The van der Waals surface area contributed by atoms with Crippen LogP contribution in [0.1, 0.15) is 25.0 Å². The third-order valence-corrected chi connectivity index (χ3v) is 11.7. The van der Waals surface area contributed by atoms with Crippen LogP contribution in [0.3, 0.4) is 0 Å². The molecule has 4 saturated heterocycles. The molecule has 2 aromatic carbocycles. The van der Waals surface area contributed by atoms with Crippen LogP contribution in [0, 0.1) is 0 Å². The number of anilines is 1. The van der Waals surface area contributed by atoms with Crippen molar-refractivity contribution in [2.45, 2.75) is 41.3 Å². The van der Waals surface area contributed by atoms with E-state index in [0.29, 0.717) is 0 Å². The number of amides is 2. The molecule has 3 aromatic rings. The summed E-state index contributed by atoms with van der Waals surface area (Å²) >= 11 is 0. The average molecular weight is 507 g/mol. The van der Waals surface area contributed by atoms with Crippen molar-refractivity contribution in [1.29, 1.82) is 0 Å². The molecule has 2 amide bonds. The van der Waals surface area contributed by atoms with Crippen molar-refractivity contribution < 1.29 is 19.1 Å². The van der Waals surface area contributed by atoms with Gasteiger partial charge >= 0.3 is 5.97 Å². The number of H-pyrrole nitrogens is 1. The second-order valence-electron chi connectivity index (χ2n) is 9.58. The zero-order chi connectivity index (χ0) is 24.3. The third-order valence-electron chi connectivity index (χ3n) is 8.00. The average Bonchev–Trinajstić information content (AvgIpc) is 3.48. The highest BCUT2D eigenvalue weighted by atomic mass is 33.1. The quantitative estimate of drug-likeness (QED) is 0.407. The molecule has 1 spiro atoms. The number of ether oxygens (including phenoxy) is 1. The molecular formula is C25H22N4O4S2. The van der Waals surface area contributed by atoms with Gasteiger partial charge in [0.1, 0.15) is 11.6 Å². The van der Waals surface area contributed by atoms with Gasteiger partial charge in [-0.3, -0.25) is 19.3 Å². The molecule has 6 heterocycles. The number of hydrogen-bond donors (Lipinski definition) is 2. The van der Waals surface area contributed by atoms with Crippen LogP contribution in [-0.2, 0) is 24.5 Å². The monoisotopic (exact) mass is 506 g/mol. The molecule has 5 aliphatic heterocycles. The number of aromatic amines is 1. The summed E-state index contributed by atoms with van der Waals surface area (Å²) in [5, 5.41) is 4.52. The molecule has 8 nitrogen and oxygen atoms in total. The maximum atomic E-state index is 14.2. The van der Waals surface area contributed by atoms with Crippen LogP contribution < -0.4 is 5.32 Å². The number of carbonyl (C=O) groups is 3. The SMILES string of the molecule is CC(=O)O[C@@H]1[C@@]2(c3c[nH]c4ccccc34)c3ccccc3N[C@H]2N2C(=O)[C@@]3(C)SS[C@@]12C(=O)N3C. The Balaban J connectivity index is 1.62. The van der Waals surface area contributed by atoms with Gasteiger partial charge in [0.25, 0.3) is 11.8 Å². The van der Waals surface area contributed by atoms with Crippen LogP contribution in [0.5, 0.6) is 0 Å². The Morgan fingerprint density at radius 2 is 1.77 bits per heavy atom. The summed E-state index contributed by atoms with van der Waals surface area (Å²) in [6.07, 6.45) is 0.341. The largest absolute Gasteiger partial charge is 0.457 e. The van der Waals surface area contributed by atoms with Gasteiger partial charge in [-0.1, -0.05) is 47.2 Å². The van der Waals surface area contributed by atoms with E-state index >= 15 is 0 Å². The van der Waals surface area contributed by atoms with Crippen molar-refractivity contribution in [3.8, 4) is 0 Å². The van der Waals surface area contributed by atoms with Crippen molar-refractivity contribution >= 4 is 56.0 Å². The fourth-order valence-corrected chi connectivity index (χ4v) is 9.97. The molecule has 178 valence electrons. The number of para-hydroxylation sites is 2. The molecule has 5 atom stereocenters. The first-order valence-electron chi connectivity index (χ1n) is 11.4. The molecule has 1 aromatic heterocycles. The predicted molar refractivity (Wildman–Crippen MR) is 134 cm³/mol. The Hall–Kier alpha value is -3.11. The molecule has 0 aliphatic carbocycles. The Kier molecular flexibility index (Phi) is 3.97. The van der Waals surface area contributed by atoms with E-state index in [1.54, 1.807) is 18.9 Å². The first-order chi connectivity index (χ1) is 16.8. The minimum Gasteiger partial charge on any atom is -0.457 e. The molecule has 0 radical (unpaired) electrons. The molecule has 2 bridgehead atoms. The summed E-state index contributed by atoms with van der Waals surface area (Å²) in [5.74, 6) is -0.906. The van der Waals surface area contributed by atoms with E-state index in [0.717, 1.165) is 27.7 Å². The molecule has 0 unspecified atom stereocenters. The van der Waals surface area contributed by atoms with Gasteiger partial charge in [-0.25, -0.2) is 0 Å². The van der Waals surface area contributed by atoms with Crippen LogP contribution in [0.2, 0.25) is 0 Å². The van der Waals surface area contributed by atoms with Crippen LogP contribution in [0.4, 0.5) is 5.69 Å². The maximum absolute atomic E-state index is 14.2. The topological polar surface area (TPSA) is 94.7 Å². The Bertz CT molecular complexity index is 1470. The number of rotatable bonds is 2. The number of nitrogens with one attached hydrogen (secondary N) is 2. The number of likely N-dealkylation sites (N-methyl/N-ethyl adjacent to an activating group) is 1. The Morgan fingerprint density at radius 3 is 2.57 bits per heavy atom. The van der Waals surface area contributed by atoms with E-state index in [2.05, 4.69) is 10.3 Å². The van der Waals surface area contributed by atoms with Crippen LogP contribution in [0.15, 0.2) is 54.7 Å². The molecule has 10 heteroatoms. The second kappa shape index (κ2) is 6.55. The van der Waals surface area contributed by atoms with Gasteiger partial charge in [0, 0.05) is 36.8 Å². The van der Waals surface area contributed by atoms with Crippen molar-refractivity contribution in [3.05, 3.63) is 65.9 Å². The smallest absolute Gasteiger partial charge is 0.303 e. The summed E-state index contributed by atoms with van der Waals surface area (Å²) in [4.78, 5) is 45.0. The molecule has 2 N–H and O–H groups in total. The molecule has 8 rings (SSSR count). The number of aromatic nitrogens is 1. The van der Waals surface area contributed by atoms with Crippen LogP contribution >= 0.6 is 21.6 Å². The van der Waals surface area contributed by atoms with Gasteiger partial charge < -0.3 is 19.9 Å². The number of benzene rings is 2. The Labute approximate surface area is 209 Å². The number of carbonyl (C=O) groups excluding carboxylic acids is 3. The normalized spacial score (nSPS) is 34.6. The molecule has 5 aliphatic rings. The number of nitrogens with zero attached hydrogens (tertiary/aromatic N) is 2. The standard InChI is InChI=1S/C25H22N4O4S2/c1-13(30)33-19-24(16-12-26-17-10-6-4-8-14(16)17)15-9-5-7-11-18(15)27-20(24)29-21(31)23(2)28(3)22(32)25(19,29)35-34-23/h4-12,19-20,26-27H,1-3H3/t19-,20+,23-,24+,25-/m1/s1. The van der Waals surface area contributed by atoms with Crippen molar-refractivity contribution in [3.63, 3.8) is 0 Å². The minimum atomic E-state index is -1.41. The van der Waals surface area contributed by atoms with Gasteiger partial charge in [-0.2, -0.15) is 0 Å². The van der Waals surface area contributed by atoms with Gasteiger partial charge in [-0.05, 0) is 41.0 Å². The summed E-state index contributed by atoms with van der Waals surface area (Å²) in [7, 11) is 4.35. The van der Waals surface area contributed by atoms with Gasteiger partial charge in [-0.15, -0.1) is 0 Å². The summed E-state index contributed by atoms with van der Waals surface area (Å²) in [6.45, 7) is 3.14. The van der Waals surface area contributed by atoms with Crippen LogP contribution in [-0.4, -0.2) is 61.6 Å². The lowest BCUT2D eigenvalue weighted by Gasteiger charge is -2.58. The highest BCUT2D eigenvalue weighted by molar-refractivity contribution is 8.78. The lowest BCUT2D eigenvalue weighted by Crippen LogP contribution is -2.77. The van der Waals surface area contributed by atoms with Crippen LogP contribution in [0.25, 0.3) is 10.9 Å². The van der Waals surface area contributed by atoms with Crippen molar-refractivity contribution in [2.24, 2.45) is 0 Å². The van der Waals surface area contributed by atoms with E-state index in [4.69, 9.17) is 4.74 Å². The first kappa shape index (κ1) is 21.2. The fourth-order valence-electron chi connectivity index (χ4n) is 6.38. The predicted octanol–water partition coefficient (Wildman–Crippen LogP) is 3.26. The highest BCUT2D eigenvalue weighted by Crippen LogP contribution is 2.70. The highest BCUT2D eigenvalue weighted by Gasteiger charge is 2.83. The van der Waals surface area contributed by atoms with E-state index < -0.39 is 33.4 Å². The number of hydrogen-bond acceptors (Lipinski definition) is 7. The third kappa shape index (κ3) is 2.17. The van der Waals surface area contributed by atoms with E-state index in [-0.39, 0.29) is 11.8 Å². The fraction of sp³-hybridized carbons (Fsp3) is 0.320. The summed E-state index contributed by atoms with van der Waals surface area (Å²) in [6, 6.07) is 15.8. The number of piperazine rings is 1. The van der Waals surface area contributed by atoms with Gasteiger partial charge in [0.15, 0.2) is 11.0 Å². The van der Waals surface area contributed by atoms with E-state index in [1.165, 1.54) is 33.4 Å².